The Bertz CT molecular complexity index is 436. The van der Waals surface area contributed by atoms with Crippen LogP contribution in [0.15, 0.2) is 30.3 Å². The predicted molar refractivity (Wildman–Crippen MR) is 70.3 cm³/mol. The first kappa shape index (κ1) is 11.7. The molecule has 1 aliphatic rings. The Kier molecular flexibility index (Phi) is 3.47. The summed E-state index contributed by atoms with van der Waals surface area (Å²) in [5.74, 6) is 0.0948. The van der Waals surface area contributed by atoms with Crippen LogP contribution in [0.1, 0.15) is 25.3 Å². The molecule has 0 unspecified atom stereocenters. The highest BCUT2D eigenvalue weighted by atomic mass is 16.2. The highest BCUT2D eigenvalue weighted by molar-refractivity contribution is 5.92. The fourth-order valence-electron chi connectivity index (χ4n) is 1.91. The summed E-state index contributed by atoms with van der Waals surface area (Å²) in [5, 5.41) is 0. The van der Waals surface area contributed by atoms with Crippen LogP contribution >= 0.6 is 0 Å². The quantitative estimate of drug-likeness (QED) is 0.637. The zero-order chi connectivity index (χ0) is 12.3. The van der Waals surface area contributed by atoms with Crippen LogP contribution in [0.3, 0.4) is 0 Å². The van der Waals surface area contributed by atoms with Crippen molar-refractivity contribution in [1.29, 1.82) is 0 Å². The summed E-state index contributed by atoms with van der Waals surface area (Å²) in [7, 11) is 0. The van der Waals surface area contributed by atoms with E-state index in [0.29, 0.717) is 11.7 Å². The van der Waals surface area contributed by atoms with Crippen LogP contribution in [0.5, 0.6) is 0 Å². The molecule has 90 valence electrons. The first-order chi connectivity index (χ1) is 8.20. The fraction of sp³-hybridized carbons (Fsp3) is 0.357. The lowest BCUT2D eigenvalue weighted by Crippen LogP contribution is -2.31. The standard InChI is InChI=1S/C14H18N2O/c1-2-16(13-7-8-13)14(17)9-6-11-4-3-5-12(15)10-11/h3-6,9-10,13H,2,7-8,15H2,1H3/b9-6+. The molecule has 1 aromatic rings. The van der Waals surface area contributed by atoms with Gasteiger partial charge in [-0.2, -0.15) is 0 Å². The summed E-state index contributed by atoms with van der Waals surface area (Å²) >= 11 is 0. The van der Waals surface area contributed by atoms with Crippen molar-refractivity contribution in [2.24, 2.45) is 0 Å². The molecule has 2 rings (SSSR count). The number of benzene rings is 1. The molecular weight excluding hydrogens is 212 g/mol. The Morgan fingerprint density at radius 1 is 1.53 bits per heavy atom. The molecule has 3 heteroatoms. The second-order valence-electron chi connectivity index (χ2n) is 4.36. The molecule has 1 amide bonds. The zero-order valence-electron chi connectivity index (χ0n) is 10.1. The molecule has 0 saturated heterocycles. The molecule has 1 fully saturated rings. The largest absolute Gasteiger partial charge is 0.399 e. The molecular formula is C14H18N2O. The molecule has 0 aromatic heterocycles. The summed E-state index contributed by atoms with van der Waals surface area (Å²) in [4.78, 5) is 13.8. The molecule has 1 saturated carbocycles. The van der Waals surface area contributed by atoms with Crippen molar-refractivity contribution in [3.8, 4) is 0 Å². The van der Waals surface area contributed by atoms with Crippen LogP contribution in [0, 0.1) is 0 Å². The van der Waals surface area contributed by atoms with Gasteiger partial charge in [0, 0.05) is 24.4 Å². The van der Waals surface area contributed by atoms with Gasteiger partial charge < -0.3 is 10.6 Å². The molecule has 0 spiro atoms. The van der Waals surface area contributed by atoms with Crippen LogP contribution in [0.2, 0.25) is 0 Å². The summed E-state index contributed by atoms with van der Waals surface area (Å²) < 4.78 is 0. The number of likely N-dealkylation sites (N-methyl/N-ethyl adjacent to an activating group) is 1. The minimum absolute atomic E-state index is 0.0948. The molecule has 3 nitrogen and oxygen atoms in total. The van der Waals surface area contributed by atoms with Crippen LogP contribution < -0.4 is 5.73 Å². The first-order valence-corrected chi connectivity index (χ1v) is 6.05. The maximum Gasteiger partial charge on any atom is 0.246 e. The third kappa shape index (κ3) is 3.09. The Morgan fingerprint density at radius 2 is 2.29 bits per heavy atom. The Hall–Kier alpha value is -1.77. The predicted octanol–water partition coefficient (Wildman–Crippen LogP) is 2.29. The molecule has 17 heavy (non-hydrogen) atoms. The second-order valence-corrected chi connectivity index (χ2v) is 4.36. The molecule has 1 aromatic carbocycles. The molecule has 0 bridgehead atoms. The molecule has 2 N–H and O–H groups in total. The summed E-state index contributed by atoms with van der Waals surface area (Å²) in [6, 6.07) is 7.99. The van der Waals surface area contributed by atoms with E-state index in [1.807, 2.05) is 42.2 Å². The van der Waals surface area contributed by atoms with Gasteiger partial charge in [-0.05, 0) is 43.5 Å². The number of nitrogens with zero attached hydrogens (tertiary/aromatic N) is 1. The number of nitrogens with two attached hydrogens (primary N) is 1. The minimum atomic E-state index is 0.0948. The van der Waals surface area contributed by atoms with Gasteiger partial charge in [-0.3, -0.25) is 4.79 Å². The molecule has 0 heterocycles. The SMILES string of the molecule is CCN(C(=O)/C=C/c1cccc(N)c1)C1CC1. The van der Waals surface area contributed by atoms with E-state index in [0.717, 1.165) is 24.9 Å². The van der Waals surface area contributed by atoms with Gasteiger partial charge in [-0.1, -0.05) is 12.1 Å². The van der Waals surface area contributed by atoms with E-state index in [1.54, 1.807) is 6.08 Å². The molecule has 0 aliphatic heterocycles. The summed E-state index contributed by atoms with van der Waals surface area (Å²) in [6.07, 6.45) is 5.75. The average Bonchev–Trinajstić information content (AvgIpc) is 3.12. The van der Waals surface area contributed by atoms with Gasteiger partial charge in [0.05, 0.1) is 0 Å². The lowest BCUT2D eigenvalue weighted by Gasteiger charge is -2.17. The second kappa shape index (κ2) is 5.04. The molecule has 0 atom stereocenters. The van der Waals surface area contributed by atoms with Crippen LogP contribution in [0.4, 0.5) is 5.69 Å². The van der Waals surface area contributed by atoms with Gasteiger partial charge in [-0.25, -0.2) is 0 Å². The van der Waals surface area contributed by atoms with Crippen LogP contribution in [-0.4, -0.2) is 23.4 Å². The summed E-state index contributed by atoms with van der Waals surface area (Å²) in [5.41, 5.74) is 7.36. The van der Waals surface area contributed by atoms with Crippen molar-refractivity contribution in [2.75, 3.05) is 12.3 Å². The highest BCUT2D eigenvalue weighted by Gasteiger charge is 2.30. The lowest BCUT2D eigenvalue weighted by atomic mass is 10.2. The Labute approximate surface area is 102 Å². The van der Waals surface area contributed by atoms with E-state index in [4.69, 9.17) is 5.73 Å². The number of hydrogen-bond acceptors (Lipinski definition) is 2. The van der Waals surface area contributed by atoms with Crippen molar-refractivity contribution in [3.05, 3.63) is 35.9 Å². The monoisotopic (exact) mass is 230 g/mol. The number of carbonyl (C=O) groups excluding carboxylic acids is 1. The number of rotatable bonds is 4. The van der Waals surface area contributed by atoms with Crippen molar-refractivity contribution in [3.63, 3.8) is 0 Å². The van der Waals surface area contributed by atoms with E-state index in [-0.39, 0.29) is 5.91 Å². The van der Waals surface area contributed by atoms with Crippen LogP contribution in [0.25, 0.3) is 6.08 Å². The molecule has 1 aliphatic carbocycles. The fourth-order valence-corrected chi connectivity index (χ4v) is 1.91. The van der Waals surface area contributed by atoms with E-state index >= 15 is 0 Å². The third-order valence-corrected chi connectivity index (χ3v) is 2.94. The topological polar surface area (TPSA) is 46.3 Å². The number of anilines is 1. The number of nitrogen functional groups attached to an aromatic ring is 1. The van der Waals surface area contributed by atoms with Crippen molar-refractivity contribution in [1.82, 2.24) is 4.90 Å². The van der Waals surface area contributed by atoms with E-state index in [9.17, 15) is 4.79 Å². The van der Waals surface area contributed by atoms with E-state index in [1.165, 1.54) is 0 Å². The van der Waals surface area contributed by atoms with Gasteiger partial charge in [-0.15, -0.1) is 0 Å². The Balaban J connectivity index is 2.02. The zero-order valence-corrected chi connectivity index (χ0v) is 10.1. The van der Waals surface area contributed by atoms with E-state index < -0.39 is 0 Å². The third-order valence-electron chi connectivity index (χ3n) is 2.94. The van der Waals surface area contributed by atoms with Gasteiger partial charge in [0.2, 0.25) is 5.91 Å². The highest BCUT2D eigenvalue weighted by Crippen LogP contribution is 2.26. The van der Waals surface area contributed by atoms with Gasteiger partial charge >= 0.3 is 0 Å². The van der Waals surface area contributed by atoms with Gasteiger partial charge in [0.25, 0.3) is 0 Å². The number of carbonyl (C=O) groups is 1. The number of hydrogen-bond donors (Lipinski definition) is 1. The first-order valence-electron chi connectivity index (χ1n) is 6.05. The van der Waals surface area contributed by atoms with Crippen molar-refractivity contribution >= 4 is 17.7 Å². The average molecular weight is 230 g/mol. The van der Waals surface area contributed by atoms with Gasteiger partial charge in [0.15, 0.2) is 0 Å². The van der Waals surface area contributed by atoms with Gasteiger partial charge in [0.1, 0.15) is 0 Å². The Morgan fingerprint density at radius 3 is 2.88 bits per heavy atom. The minimum Gasteiger partial charge on any atom is -0.399 e. The van der Waals surface area contributed by atoms with Crippen molar-refractivity contribution in [2.45, 2.75) is 25.8 Å². The van der Waals surface area contributed by atoms with Crippen molar-refractivity contribution < 1.29 is 4.79 Å². The summed E-state index contributed by atoms with van der Waals surface area (Å²) in [6.45, 7) is 2.80. The van der Waals surface area contributed by atoms with Crippen LogP contribution in [-0.2, 0) is 4.79 Å². The lowest BCUT2D eigenvalue weighted by molar-refractivity contribution is -0.126. The molecule has 0 radical (unpaired) electrons. The number of amides is 1. The van der Waals surface area contributed by atoms with E-state index in [2.05, 4.69) is 0 Å². The normalized spacial score (nSPS) is 15.1. The maximum atomic E-state index is 11.9. The smallest absolute Gasteiger partial charge is 0.246 e. The maximum absolute atomic E-state index is 11.9.